The summed E-state index contributed by atoms with van der Waals surface area (Å²) < 4.78 is 23.5. The monoisotopic (exact) mass is 294 g/mol. The van der Waals surface area contributed by atoms with E-state index in [0.717, 1.165) is 38.9 Å². The van der Waals surface area contributed by atoms with Crippen molar-refractivity contribution in [2.75, 3.05) is 26.2 Å². The van der Waals surface area contributed by atoms with Gasteiger partial charge >= 0.3 is 0 Å². The van der Waals surface area contributed by atoms with Crippen LogP contribution in [0.15, 0.2) is 24.3 Å². The fourth-order valence-corrected chi connectivity index (χ4v) is 5.41. The second kappa shape index (κ2) is 5.47. The molecule has 2 bridgehead atoms. The SMILES string of the molecule is NCCc1ccccc1CCN1CC2CC(C1)S2(=O)=O. The molecule has 20 heavy (non-hydrogen) atoms. The third kappa shape index (κ3) is 2.50. The molecule has 5 heteroatoms. The molecule has 3 heterocycles. The Balaban J connectivity index is 1.59. The maximum atomic E-state index is 11.7. The van der Waals surface area contributed by atoms with Gasteiger partial charge in [0.15, 0.2) is 9.84 Å². The van der Waals surface area contributed by atoms with Crippen molar-refractivity contribution in [1.29, 1.82) is 0 Å². The van der Waals surface area contributed by atoms with Gasteiger partial charge in [-0.05, 0) is 36.9 Å². The molecule has 0 saturated carbocycles. The molecule has 2 unspecified atom stereocenters. The number of rotatable bonds is 5. The van der Waals surface area contributed by atoms with Crippen molar-refractivity contribution in [3.63, 3.8) is 0 Å². The van der Waals surface area contributed by atoms with E-state index in [9.17, 15) is 8.42 Å². The third-order valence-corrected chi connectivity index (χ3v) is 7.15. The molecule has 1 aromatic carbocycles. The van der Waals surface area contributed by atoms with Crippen LogP contribution < -0.4 is 5.73 Å². The number of hydrogen-bond acceptors (Lipinski definition) is 4. The van der Waals surface area contributed by atoms with Crippen LogP contribution in [0.2, 0.25) is 0 Å². The van der Waals surface area contributed by atoms with Crippen molar-refractivity contribution in [2.45, 2.75) is 29.8 Å². The summed E-state index contributed by atoms with van der Waals surface area (Å²) >= 11 is 0. The van der Waals surface area contributed by atoms with Gasteiger partial charge in [-0.3, -0.25) is 0 Å². The molecule has 3 saturated heterocycles. The Morgan fingerprint density at radius 2 is 1.70 bits per heavy atom. The van der Waals surface area contributed by atoms with Gasteiger partial charge in [-0.2, -0.15) is 0 Å². The summed E-state index contributed by atoms with van der Waals surface area (Å²) in [5.41, 5.74) is 8.32. The molecule has 2 N–H and O–H groups in total. The van der Waals surface area contributed by atoms with Crippen molar-refractivity contribution in [3.05, 3.63) is 35.4 Å². The van der Waals surface area contributed by atoms with Crippen molar-refractivity contribution in [1.82, 2.24) is 4.90 Å². The summed E-state index contributed by atoms with van der Waals surface area (Å²) in [5, 5.41) is -0.193. The number of hydrogen-bond donors (Lipinski definition) is 1. The molecular formula is C15H22N2O2S. The van der Waals surface area contributed by atoms with E-state index >= 15 is 0 Å². The number of piperidine rings is 1. The molecule has 110 valence electrons. The Morgan fingerprint density at radius 1 is 1.10 bits per heavy atom. The first-order chi connectivity index (χ1) is 9.61. The van der Waals surface area contributed by atoms with Gasteiger partial charge in [0, 0.05) is 19.6 Å². The first kappa shape index (κ1) is 14.0. The summed E-state index contributed by atoms with van der Waals surface area (Å²) in [6, 6.07) is 8.41. The minimum absolute atomic E-state index is 0.0967. The Labute approximate surface area is 120 Å². The van der Waals surface area contributed by atoms with Crippen LogP contribution in [0, 0.1) is 0 Å². The lowest BCUT2D eigenvalue weighted by Gasteiger charge is -2.46. The summed E-state index contributed by atoms with van der Waals surface area (Å²) in [6.07, 6.45) is 2.77. The Hall–Kier alpha value is -0.910. The zero-order valence-corrected chi connectivity index (χ0v) is 12.5. The molecule has 2 atom stereocenters. The highest BCUT2D eigenvalue weighted by atomic mass is 32.2. The zero-order valence-electron chi connectivity index (χ0n) is 11.7. The largest absolute Gasteiger partial charge is 0.330 e. The van der Waals surface area contributed by atoms with Crippen molar-refractivity contribution in [2.24, 2.45) is 5.73 Å². The lowest BCUT2D eigenvalue weighted by atomic mass is 10.0. The Kier molecular flexibility index (Phi) is 3.84. The number of nitrogens with two attached hydrogens (primary N) is 1. The van der Waals surface area contributed by atoms with Crippen LogP contribution in [0.5, 0.6) is 0 Å². The van der Waals surface area contributed by atoms with E-state index in [2.05, 4.69) is 29.2 Å². The smallest absolute Gasteiger partial charge is 0.158 e. The molecule has 4 rings (SSSR count). The van der Waals surface area contributed by atoms with Gasteiger partial charge in [0.25, 0.3) is 0 Å². The average Bonchev–Trinajstić information content (AvgIpc) is 2.47. The predicted molar refractivity (Wildman–Crippen MR) is 80.5 cm³/mol. The van der Waals surface area contributed by atoms with Crippen molar-refractivity contribution in [3.8, 4) is 0 Å². The van der Waals surface area contributed by atoms with E-state index in [-0.39, 0.29) is 10.5 Å². The fraction of sp³-hybridized carbons (Fsp3) is 0.600. The molecule has 0 radical (unpaired) electrons. The van der Waals surface area contributed by atoms with Crippen LogP contribution in [0.4, 0.5) is 0 Å². The van der Waals surface area contributed by atoms with Gasteiger partial charge in [0.05, 0.1) is 10.5 Å². The highest BCUT2D eigenvalue weighted by molar-refractivity contribution is 7.94. The maximum Gasteiger partial charge on any atom is 0.158 e. The van der Waals surface area contributed by atoms with Crippen LogP contribution in [0.25, 0.3) is 0 Å². The van der Waals surface area contributed by atoms with E-state index in [1.165, 1.54) is 11.1 Å². The third-order valence-electron chi connectivity index (χ3n) is 4.61. The van der Waals surface area contributed by atoms with E-state index in [1.54, 1.807) is 0 Å². The molecule has 0 aliphatic carbocycles. The first-order valence-electron chi connectivity index (χ1n) is 7.33. The number of nitrogens with zero attached hydrogens (tertiary/aromatic N) is 1. The normalized spacial score (nSPS) is 28.1. The van der Waals surface area contributed by atoms with Gasteiger partial charge in [-0.1, -0.05) is 24.3 Å². The summed E-state index contributed by atoms with van der Waals surface area (Å²) in [6.45, 7) is 3.06. The minimum Gasteiger partial charge on any atom is -0.330 e. The van der Waals surface area contributed by atoms with Gasteiger partial charge in [-0.15, -0.1) is 0 Å². The number of sulfone groups is 1. The second-order valence-electron chi connectivity index (χ2n) is 5.89. The van der Waals surface area contributed by atoms with Gasteiger partial charge in [0.2, 0.25) is 0 Å². The standard InChI is InChI=1S/C15H22N2O2S/c16-7-5-12-3-1-2-4-13(12)6-8-17-10-14-9-15(11-17)20(14,18)19/h1-4,14-15H,5-11,16H2. The lowest BCUT2D eigenvalue weighted by Crippen LogP contribution is -2.62. The summed E-state index contributed by atoms with van der Waals surface area (Å²) in [7, 11) is -2.76. The number of fused-ring (bicyclic) bond motifs is 2. The summed E-state index contributed by atoms with van der Waals surface area (Å²) in [4.78, 5) is 2.30. The second-order valence-corrected chi connectivity index (χ2v) is 8.40. The van der Waals surface area contributed by atoms with Crippen LogP contribution in [-0.2, 0) is 22.7 Å². The average molecular weight is 294 g/mol. The highest BCUT2D eigenvalue weighted by Gasteiger charge is 2.51. The molecule has 3 aliphatic rings. The van der Waals surface area contributed by atoms with Crippen molar-refractivity contribution >= 4 is 9.84 Å². The highest BCUT2D eigenvalue weighted by Crippen LogP contribution is 2.35. The van der Waals surface area contributed by atoms with E-state index < -0.39 is 9.84 Å². The van der Waals surface area contributed by atoms with E-state index in [1.807, 2.05) is 0 Å². The molecule has 0 spiro atoms. The molecule has 0 amide bonds. The zero-order chi connectivity index (χ0) is 14.2. The first-order valence-corrected chi connectivity index (χ1v) is 8.94. The summed E-state index contributed by atoms with van der Waals surface area (Å²) in [5.74, 6) is 0. The topological polar surface area (TPSA) is 63.4 Å². The van der Waals surface area contributed by atoms with E-state index in [4.69, 9.17) is 5.73 Å². The molecular weight excluding hydrogens is 272 g/mol. The Morgan fingerprint density at radius 3 is 2.25 bits per heavy atom. The minimum atomic E-state index is -2.76. The maximum absolute atomic E-state index is 11.7. The van der Waals surface area contributed by atoms with Gasteiger partial charge in [-0.25, -0.2) is 8.42 Å². The van der Waals surface area contributed by atoms with Crippen LogP contribution in [-0.4, -0.2) is 50.0 Å². The van der Waals surface area contributed by atoms with Crippen LogP contribution in [0.1, 0.15) is 17.5 Å². The molecule has 3 fully saturated rings. The molecule has 0 aromatic heterocycles. The van der Waals surface area contributed by atoms with Crippen LogP contribution in [0.3, 0.4) is 0 Å². The fourth-order valence-electron chi connectivity index (χ4n) is 3.38. The van der Waals surface area contributed by atoms with Gasteiger partial charge in [0.1, 0.15) is 0 Å². The number of benzene rings is 1. The quantitative estimate of drug-likeness (QED) is 0.864. The molecule has 1 aromatic rings. The van der Waals surface area contributed by atoms with Gasteiger partial charge < -0.3 is 10.6 Å². The molecule has 4 nitrogen and oxygen atoms in total. The predicted octanol–water partition coefficient (Wildman–Crippen LogP) is 0.602. The van der Waals surface area contributed by atoms with Crippen molar-refractivity contribution < 1.29 is 8.42 Å². The van der Waals surface area contributed by atoms with E-state index in [0.29, 0.717) is 6.54 Å². The lowest BCUT2D eigenvalue weighted by molar-refractivity contribution is 0.211. The van der Waals surface area contributed by atoms with Crippen LogP contribution >= 0.6 is 0 Å². The Bertz CT molecular complexity index is 567. The molecule has 3 aliphatic heterocycles.